The van der Waals surface area contributed by atoms with Crippen LogP contribution in [0, 0.1) is 13.8 Å². The number of ketones is 1. The number of benzene rings is 1. The minimum atomic E-state index is -0.0632. The molecule has 0 aliphatic rings. The quantitative estimate of drug-likeness (QED) is 0.568. The number of aromatic nitrogens is 5. The molecule has 8 nitrogen and oxygen atoms in total. The fourth-order valence-corrected chi connectivity index (χ4v) is 3.28. The first-order chi connectivity index (χ1) is 13.0. The Morgan fingerprint density at radius 1 is 1.26 bits per heavy atom. The number of hydrogen-bond acceptors (Lipinski definition) is 6. The molecule has 27 heavy (non-hydrogen) atoms. The molecule has 0 aliphatic heterocycles. The van der Waals surface area contributed by atoms with Crippen LogP contribution in [0.5, 0.6) is 5.75 Å². The topological polar surface area (TPSA) is 84.1 Å². The lowest BCUT2D eigenvalue weighted by Crippen LogP contribution is -2.16. The van der Waals surface area contributed by atoms with Crippen molar-refractivity contribution in [3.8, 4) is 11.4 Å². The van der Waals surface area contributed by atoms with Crippen LogP contribution in [0.2, 0.25) is 0 Å². The van der Waals surface area contributed by atoms with Crippen molar-refractivity contribution < 1.29 is 14.3 Å². The van der Waals surface area contributed by atoms with E-state index in [9.17, 15) is 4.79 Å². The molecule has 0 saturated carbocycles. The Morgan fingerprint density at radius 2 is 2.07 bits per heavy atom. The molecule has 3 rings (SSSR count). The maximum absolute atomic E-state index is 12.7. The standard InChI is InChI=1S/C19H23N5O3/c1-13-8-18(15(3)24(13)14(2)10-26-4)19(25)11-27-17-7-5-6-16(9-17)23-12-20-21-22-23/h5-9,12,14H,10-11H2,1-4H3/t14-/m1/s1. The van der Waals surface area contributed by atoms with E-state index < -0.39 is 0 Å². The van der Waals surface area contributed by atoms with Crippen LogP contribution in [0.3, 0.4) is 0 Å². The van der Waals surface area contributed by atoms with Gasteiger partial charge in [0, 0.05) is 30.1 Å². The van der Waals surface area contributed by atoms with Crippen LogP contribution in [0.25, 0.3) is 5.69 Å². The highest BCUT2D eigenvalue weighted by Crippen LogP contribution is 2.22. The zero-order valence-electron chi connectivity index (χ0n) is 15.9. The van der Waals surface area contributed by atoms with Gasteiger partial charge in [-0.05, 0) is 49.4 Å². The van der Waals surface area contributed by atoms with E-state index >= 15 is 0 Å². The van der Waals surface area contributed by atoms with Gasteiger partial charge >= 0.3 is 0 Å². The Morgan fingerprint density at radius 3 is 2.78 bits per heavy atom. The van der Waals surface area contributed by atoms with Crippen molar-refractivity contribution >= 4 is 5.78 Å². The number of rotatable bonds is 8. The number of aryl methyl sites for hydroxylation is 1. The van der Waals surface area contributed by atoms with E-state index in [4.69, 9.17) is 9.47 Å². The van der Waals surface area contributed by atoms with Crippen molar-refractivity contribution in [3.05, 3.63) is 53.6 Å². The minimum absolute atomic E-state index is 0.0397. The Kier molecular flexibility index (Phi) is 5.66. The van der Waals surface area contributed by atoms with Gasteiger partial charge in [0.2, 0.25) is 5.78 Å². The van der Waals surface area contributed by atoms with E-state index in [0.717, 1.165) is 17.1 Å². The summed E-state index contributed by atoms with van der Waals surface area (Å²) in [5.41, 5.74) is 3.39. The smallest absolute Gasteiger partial charge is 0.202 e. The first kappa shape index (κ1) is 18.8. The number of methoxy groups -OCH3 is 1. The van der Waals surface area contributed by atoms with Crippen LogP contribution >= 0.6 is 0 Å². The summed E-state index contributed by atoms with van der Waals surface area (Å²) in [6, 6.07) is 9.33. The third-order valence-electron chi connectivity index (χ3n) is 4.43. The summed E-state index contributed by atoms with van der Waals surface area (Å²) in [6.45, 7) is 6.56. The van der Waals surface area contributed by atoms with Crippen LogP contribution in [0.15, 0.2) is 36.7 Å². The third-order valence-corrected chi connectivity index (χ3v) is 4.43. The van der Waals surface area contributed by atoms with Crippen molar-refractivity contribution in [2.24, 2.45) is 0 Å². The summed E-state index contributed by atoms with van der Waals surface area (Å²) in [5.74, 6) is 0.518. The number of ether oxygens (including phenoxy) is 2. The highest BCUT2D eigenvalue weighted by Gasteiger charge is 2.19. The van der Waals surface area contributed by atoms with Gasteiger partial charge < -0.3 is 14.0 Å². The predicted octanol–water partition coefficient (Wildman–Crippen LogP) is 2.55. The van der Waals surface area contributed by atoms with E-state index in [-0.39, 0.29) is 18.4 Å². The number of tetrazole rings is 1. The maximum Gasteiger partial charge on any atom is 0.202 e. The predicted molar refractivity (Wildman–Crippen MR) is 99.5 cm³/mol. The van der Waals surface area contributed by atoms with E-state index in [2.05, 4.69) is 27.0 Å². The van der Waals surface area contributed by atoms with E-state index in [1.807, 2.05) is 32.0 Å². The molecule has 0 fully saturated rings. The zero-order chi connectivity index (χ0) is 19.4. The third kappa shape index (κ3) is 4.06. The SMILES string of the molecule is COC[C@@H](C)n1c(C)cc(C(=O)COc2cccc(-n3cnnn3)c2)c1C. The molecule has 2 aromatic heterocycles. The Hall–Kier alpha value is -3.00. The van der Waals surface area contributed by atoms with Crippen LogP contribution in [0.4, 0.5) is 0 Å². The Labute approximate surface area is 157 Å². The van der Waals surface area contributed by atoms with Gasteiger partial charge in [0.1, 0.15) is 12.1 Å². The molecule has 142 valence electrons. The van der Waals surface area contributed by atoms with Crippen LogP contribution in [-0.4, -0.2) is 50.9 Å². The number of nitrogens with zero attached hydrogens (tertiary/aromatic N) is 5. The van der Waals surface area contributed by atoms with Crippen molar-refractivity contribution in [1.82, 2.24) is 24.8 Å². The van der Waals surface area contributed by atoms with Crippen molar-refractivity contribution in [2.75, 3.05) is 20.3 Å². The summed E-state index contributed by atoms with van der Waals surface area (Å²) >= 11 is 0. The molecule has 3 aromatic rings. The van der Waals surface area contributed by atoms with Crippen LogP contribution < -0.4 is 4.74 Å². The van der Waals surface area contributed by atoms with Gasteiger partial charge in [-0.2, -0.15) is 0 Å². The first-order valence-corrected chi connectivity index (χ1v) is 8.68. The molecule has 0 amide bonds. The van der Waals surface area contributed by atoms with Gasteiger partial charge in [-0.25, -0.2) is 4.68 Å². The van der Waals surface area contributed by atoms with Gasteiger partial charge in [0.15, 0.2) is 6.61 Å². The molecular formula is C19H23N5O3. The zero-order valence-corrected chi connectivity index (χ0v) is 15.9. The number of Topliss-reactive ketones (excluding diaryl/α,β-unsaturated/α-hetero) is 1. The summed E-state index contributed by atoms with van der Waals surface area (Å²) in [7, 11) is 1.67. The van der Waals surface area contributed by atoms with Crippen molar-refractivity contribution in [1.29, 1.82) is 0 Å². The molecule has 0 saturated heterocycles. The minimum Gasteiger partial charge on any atom is -0.485 e. The number of carbonyl (C=O) groups excluding carboxylic acids is 1. The molecule has 1 atom stereocenters. The fourth-order valence-electron chi connectivity index (χ4n) is 3.28. The van der Waals surface area contributed by atoms with E-state index in [1.54, 1.807) is 19.2 Å². The van der Waals surface area contributed by atoms with E-state index in [1.165, 1.54) is 11.0 Å². The average molecular weight is 369 g/mol. The molecule has 0 N–H and O–H groups in total. The summed E-state index contributed by atoms with van der Waals surface area (Å²) in [6.07, 6.45) is 1.50. The molecular weight excluding hydrogens is 346 g/mol. The molecule has 8 heteroatoms. The Balaban J connectivity index is 1.72. The molecule has 0 radical (unpaired) electrons. The van der Waals surface area contributed by atoms with Crippen molar-refractivity contribution in [3.63, 3.8) is 0 Å². The first-order valence-electron chi connectivity index (χ1n) is 8.68. The van der Waals surface area contributed by atoms with Gasteiger partial charge in [-0.3, -0.25) is 4.79 Å². The lowest BCUT2D eigenvalue weighted by atomic mass is 10.1. The average Bonchev–Trinajstić information content (AvgIpc) is 3.28. The lowest BCUT2D eigenvalue weighted by Gasteiger charge is -2.17. The van der Waals surface area contributed by atoms with E-state index in [0.29, 0.717) is 17.9 Å². The molecule has 2 heterocycles. The summed E-state index contributed by atoms with van der Waals surface area (Å²) in [4.78, 5) is 12.7. The van der Waals surface area contributed by atoms with Gasteiger partial charge in [-0.1, -0.05) is 6.07 Å². The molecule has 0 bridgehead atoms. The van der Waals surface area contributed by atoms with Crippen LogP contribution in [0.1, 0.15) is 34.7 Å². The van der Waals surface area contributed by atoms with Gasteiger partial charge in [0.25, 0.3) is 0 Å². The number of hydrogen-bond donors (Lipinski definition) is 0. The highest BCUT2D eigenvalue weighted by atomic mass is 16.5. The Bertz CT molecular complexity index is 918. The van der Waals surface area contributed by atoms with Crippen molar-refractivity contribution in [2.45, 2.75) is 26.8 Å². The number of carbonyl (C=O) groups is 1. The fraction of sp³-hybridized carbons (Fsp3) is 0.368. The molecule has 1 aromatic carbocycles. The monoisotopic (exact) mass is 369 g/mol. The second-order valence-corrected chi connectivity index (χ2v) is 6.42. The lowest BCUT2D eigenvalue weighted by molar-refractivity contribution is 0.0920. The molecule has 0 aliphatic carbocycles. The normalized spacial score (nSPS) is 12.1. The maximum atomic E-state index is 12.7. The largest absolute Gasteiger partial charge is 0.485 e. The second-order valence-electron chi connectivity index (χ2n) is 6.42. The summed E-state index contributed by atoms with van der Waals surface area (Å²) < 4.78 is 14.6. The summed E-state index contributed by atoms with van der Waals surface area (Å²) in [5, 5.41) is 11.1. The van der Waals surface area contributed by atoms with Crippen LogP contribution in [-0.2, 0) is 4.74 Å². The highest BCUT2D eigenvalue weighted by molar-refractivity contribution is 5.98. The second kappa shape index (κ2) is 8.13. The molecule has 0 unspecified atom stereocenters. The van der Waals surface area contributed by atoms with Gasteiger partial charge in [0.05, 0.1) is 18.3 Å². The van der Waals surface area contributed by atoms with Gasteiger partial charge in [-0.15, -0.1) is 5.10 Å². The molecule has 0 spiro atoms.